The minimum atomic E-state index is -0.616. The molecule has 1 aliphatic rings. The summed E-state index contributed by atoms with van der Waals surface area (Å²) >= 11 is 5.99. The van der Waals surface area contributed by atoms with Crippen molar-refractivity contribution >= 4 is 40.2 Å². The summed E-state index contributed by atoms with van der Waals surface area (Å²) < 4.78 is 0. The van der Waals surface area contributed by atoms with Gasteiger partial charge in [-0.05, 0) is 45.0 Å². The first-order valence-electron chi connectivity index (χ1n) is 8.83. The van der Waals surface area contributed by atoms with E-state index < -0.39 is 17.4 Å². The second kappa shape index (κ2) is 7.23. The molecular formula is C19H23ClN4O3. The molecule has 1 saturated heterocycles. The van der Waals surface area contributed by atoms with Gasteiger partial charge in [-0.1, -0.05) is 11.6 Å². The fraction of sp³-hybridized carbons (Fsp3) is 0.421. The van der Waals surface area contributed by atoms with Crippen LogP contribution in [0.25, 0.3) is 10.9 Å². The maximum Gasteiger partial charge on any atom is 0.312 e. The summed E-state index contributed by atoms with van der Waals surface area (Å²) in [5, 5.41) is 4.15. The maximum atomic E-state index is 12.7. The molecule has 0 saturated carbocycles. The van der Waals surface area contributed by atoms with Crippen LogP contribution >= 0.6 is 11.6 Å². The lowest BCUT2D eigenvalue weighted by Gasteiger charge is -2.34. The molecule has 8 heteroatoms. The van der Waals surface area contributed by atoms with Gasteiger partial charge in [-0.25, -0.2) is 0 Å². The Morgan fingerprint density at radius 2 is 1.67 bits per heavy atom. The molecule has 0 atom stereocenters. The van der Waals surface area contributed by atoms with Crippen LogP contribution < -0.4 is 5.32 Å². The van der Waals surface area contributed by atoms with Crippen molar-refractivity contribution in [1.82, 2.24) is 20.1 Å². The second-order valence-electron chi connectivity index (χ2n) is 7.70. The molecule has 0 radical (unpaired) electrons. The quantitative estimate of drug-likeness (QED) is 0.730. The van der Waals surface area contributed by atoms with E-state index in [0.29, 0.717) is 36.9 Å². The monoisotopic (exact) mass is 390 g/mol. The van der Waals surface area contributed by atoms with Gasteiger partial charge in [0.25, 0.3) is 5.91 Å². The minimum absolute atomic E-state index is 0.131. The van der Waals surface area contributed by atoms with Gasteiger partial charge in [0.05, 0.1) is 0 Å². The van der Waals surface area contributed by atoms with Gasteiger partial charge in [0.1, 0.15) is 5.69 Å². The van der Waals surface area contributed by atoms with Crippen molar-refractivity contribution in [3.8, 4) is 0 Å². The number of rotatable bonds is 1. The number of hydrogen-bond acceptors (Lipinski definition) is 3. The van der Waals surface area contributed by atoms with E-state index in [1.165, 1.54) is 4.90 Å². The number of amides is 3. The van der Waals surface area contributed by atoms with Gasteiger partial charge in [0, 0.05) is 47.6 Å². The first-order chi connectivity index (χ1) is 12.6. The number of hydrogen-bond donors (Lipinski definition) is 2. The van der Waals surface area contributed by atoms with Gasteiger partial charge < -0.3 is 20.1 Å². The first-order valence-corrected chi connectivity index (χ1v) is 9.21. The number of aromatic amines is 1. The predicted octanol–water partition coefficient (Wildman–Crippen LogP) is 2.02. The molecule has 2 N–H and O–H groups in total. The summed E-state index contributed by atoms with van der Waals surface area (Å²) in [4.78, 5) is 43.3. The Labute approximate surface area is 162 Å². The molecule has 0 unspecified atom stereocenters. The van der Waals surface area contributed by atoms with Gasteiger partial charge >= 0.3 is 11.8 Å². The normalized spacial score (nSPS) is 15.1. The molecule has 0 spiro atoms. The highest BCUT2D eigenvalue weighted by atomic mass is 35.5. The summed E-state index contributed by atoms with van der Waals surface area (Å²) in [7, 11) is 0. The molecule has 3 amide bonds. The molecule has 0 bridgehead atoms. The fourth-order valence-electron chi connectivity index (χ4n) is 3.04. The molecule has 1 aromatic heterocycles. The van der Waals surface area contributed by atoms with E-state index in [4.69, 9.17) is 11.6 Å². The molecule has 7 nitrogen and oxygen atoms in total. The van der Waals surface area contributed by atoms with Crippen molar-refractivity contribution in [3.63, 3.8) is 0 Å². The zero-order valence-electron chi connectivity index (χ0n) is 15.6. The third-order valence-electron chi connectivity index (χ3n) is 4.35. The lowest BCUT2D eigenvalue weighted by atomic mass is 10.1. The molecule has 1 fully saturated rings. The minimum Gasteiger partial charge on any atom is -0.351 e. The molecule has 1 aromatic carbocycles. The maximum absolute atomic E-state index is 12.7. The van der Waals surface area contributed by atoms with Crippen molar-refractivity contribution < 1.29 is 14.4 Å². The Kier molecular flexibility index (Phi) is 5.15. The summed E-state index contributed by atoms with van der Waals surface area (Å²) in [5.41, 5.74) is 0.858. The molecule has 27 heavy (non-hydrogen) atoms. The predicted molar refractivity (Wildman–Crippen MR) is 104 cm³/mol. The molecule has 0 aliphatic carbocycles. The smallest absolute Gasteiger partial charge is 0.312 e. The molecule has 144 valence electrons. The Balaban J connectivity index is 1.62. The van der Waals surface area contributed by atoms with E-state index in [2.05, 4.69) is 10.3 Å². The molecule has 2 aromatic rings. The molecule has 1 aliphatic heterocycles. The highest BCUT2D eigenvalue weighted by Crippen LogP contribution is 2.21. The molecular weight excluding hydrogens is 368 g/mol. The van der Waals surface area contributed by atoms with Gasteiger partial charge in [-0.3, -0.25) is 14.4 Å². The van der Waals surface area contributed by atoms with Gasteiger partial charge in [0.2, 0.25) is 0 Å². The lowest BCUT2D eigenvalue weighted by molar-refractivity contribution is -0.147. The van der Waals surface area contributed by atoms with E-state index in [-0.39, 0.29) is 5.91 Å². The largest absolute Gasteiger partial charge is 0.351 e. The number of H-pyrrole nitrogens is 1. The van der Waals surface area contributed by atoms with Gasteiger partial charge in [0.15, 0.2) is 0 Å². The molecule has 2 heterocycles. The average molecular weight is 391 g/mol. The second-order valence-corrected chi connectivity index (χ2v) is 8.14. The Morgan fingerprint density at radius 1 is 1.04 bits per heavy atom. The first kappa shape index (κ1) is 19.2. The topological polar surface area (TPSA) is 85.5 Å². The number of carbonyl (C=O) groups is 3. The highest BCUT2D eigenvalue weighted by Gasteiger charge is 2.30. The third-order valence-corrected chi connectivity index (χ3v) is 4.59. The number of aromatic nitrogens is 1. The fourth-order valence-corrected chi connectivity index (χ4v) is 3.22. The number of nitrogens with zero attached hydrogens (tertiary/aromatic N) is 2. The van der Waals surface area contributed by atoms with Gasteiger partial charge in [-0.15, -0.1) is 0 Å². The van der Waals surface area contributed by atoms with Crippen LogP contribution in [-0.4, -0.2) is 64.2 Å². The SMILES string of the molecule is CC(C)(C)NC(=O)C(=O)N1CCN(C(=O)c2cc3cc(Cl)ccc3[nH]2)CC1. The van der Waals surface area contributed by atoms with Gasteiger partial charge in [-0.2, -0.15) is 0 Å². The number of carbonyl (C=O) groups excluding carboxylic acids is 3. The van der Waals surface area contributed by atoms with Crippen molar-refractivity contribution in [3.05, 3.63) is 35.0 Å². The third kappa shape index (κ3) is 4.42. The molecule has 3 rings (SSSR count). The van der Waals surface area contributed by atoms with E-state index >= 15 is 0 Å². The Hall–Kier alpha value is -2.54. The summed E-state index contributed by atoms with van der Waals surface area (Å²) in [5.74, 6) is -1.30. The number of fused-ring (bicyclic) bond motifs is 1. The number of benzene rings is 1. The lowest BCUT2D eigenvalue weighted by Crippen LogP contribution is -2.55. The van der Waals surface area contributed by atoms with Crippen LogP contribution in [0, 0.1) is 0 Å². The van der Waals surface area contributed by atoms with Crippen LogP contribution in [0.4, 0.5) is 0 Å². The zero-order chi connectivity index (χ0) is 19.8. The number of halogens is 1. The number of piperazine rings is 1. The van der Waals surface area contributed by atoms with E-state index in [9.17, 15) is 14.4 Å². The Bertz CT molecular complexity index is 892. The van der Waals surface area contributed by atoms with Crippen LogP contribution in [0.3, 0.4) is 0 Å². The average Bonchev–Trinajstić information content (AvgIpc) is 3.02. The summed E-state index contributed by atoms with van der Waals surface area (Å²) in [6, 6.07) is 7.17. The summed E-state index contributed by atoms with van der Waals surface area (Å²) in [6.07, 6.45) is 0. The van der Waals surface area contributed by atoms with E-state index in [1.54, 1.807) is 23.1 Å². The van der Waals surface area contributed by atoms with Crippen LogP contribution in [-0.2, 0) is 9.59 Å². The van der Waals surface area contributed by atoms with Crippen molar-refractivity contribution in [2.75, 3.05) is 26.2 Å². The van der Waals surface area contributed by atoms with Crippen LogP contribution in [0.15, 0.2) is 24.3 Å². The van der Waals surface area contributed by atoms with E-state index in [1.807, 2.05) is 26.8 Å². The Morgan fingerprint density at radius 3 is 2.30 bits per heavy atom. The van der Waals surface area contributed by atoms with Crippen molar-refractivity contribution in [2.45, 2.75) is 26.3 Å². The number of nitrogens with one attached hydrogen (secondary N) is 2. The van der Waals surface area contributed by atoms with E-state index in [0.717, 1.165) is 10.9 Å². The van der Waals surface area contributed by atoms with Crippen LogP contribution in [0.2, 0.25) is 5.02 Å². The summed E-state index contributed by atoms with van der Waals surface area (Å²) in [6.45, 7) is 6.88. The van der Waals surface area contributed by atoms with Crippen LogP contribution in [0.1, 0.15) is 31.3 Å². The van der Waals surface area contributed by atoms with Crippen LogP contribution in [0.5, 0.6) is 0 Å². The van der Waals surface area contributed by atoms with Crippen molar-refractivity contribution in [1.29, 1.82) is 0 Å². The van der Waals surface area contributed by atoms with Crippen molar-refractivity contribution in [2.24, 2.45) is 0 Å². The highest BCUT2D eigenvalue weighted by molar-refractivity contribution is 6.35. The zero-order valence-corrected chi connectivity index (χ0v) is 16.4. The standard InChI is InChI=1S/C19H23ClN4O3/c1-19(2,3)22-16(25)18(27)24-8-6-23(7-9-24)17(26)15-11-12-10-13(20)4-5-14(12)21-15/h4-5,10-11,21H,6-9H2,1-3H3,(H,22,25).